The second-order valence-electron chi connectivity index (χ2n) is 4.89. The summed E-state index contributed by atoms with van der Waals surface area (Å²) in [6, 6.07) is 8.82. The number of rotatable bonds is 6. The van der Waals surface area contributed by atoms with E-state index in [1.165, 1.54) is 18.2 Å². The third kappa shape index (κ3) is 3.91. The van der Waals surface area contributed by atoms with E-state index in [0.29, 0.717) is 17.7 Å². The van der Waals surface area contributed by atoms with Gasteiger partial charge in [-0.25, -0.2) is 0 Å². The van der Waals surface area contributed by atoms with Gasteiger partial charge in [0.25, 0.3) is 11.6 Å². The van der Waals surface area contributed by atoms with Crippen molar-refractivity contribution in [3.05, 3.63) is 75.3 Å². The summed E-state index contributed by atoms with van der Waals surface area (Å²) >= 11 is 5.99. The molecule has 0 unspecified atom stereocenters. The van der Waals surface area contributed by atoms with Crippen molar-refractivity contribution in [2.75, 3.05) is 12.4 Å². The van der Waals surface area contributed by atoms with Crippen molar-refractivity contribution in [3.63, 3.8) is 0 Å². The summed E-state index contributed by atoms with van der Waals surface area (Å²) in [4.78, 5) is 22.7. The zero-order valence-corrected chi connectivity index (χ0v) is 13.7. The molecular formula is C17H15ClN2O4. The molecule has 1 amide bonds. The van der Waals surface area contributed by atoms with Crippen LogP contribution in [0.5, 0.6) is 5.75 Å². The number of hydrogen-bond acceptors (Lipinski definition) is 4. The normalized spacial score (nSPS) is 10.1. The lowest BCUT2D eigenvalue weighted by Gasteiger charge is -2.11. The molecule has 0 aliphatic rings. The van der Waals surface area contributed by atoms with Gasteiger partial charge in [-0.05, 0) is 36.2 Å². The average Bonchev–Trinajstić information content (AvgIpc) is 2.56. The van der Waals surface area contributed by atoms with Crippen molar-refractivity contribution in [1.82, 2.24) is 0 Å². The number of benzene rings is 2. The van der Waals surface area contributed by atoms with Gasteiger partial charge < -0.3 is 10.1 Å². The predicted octanol–water partition coefficient (Wildman–Crippen LogP) is 4.24. The topological polar surface area (TPSA) is 81.5 Å². The quantitative estimate of drug-likeness (QED) is 0.482. The second kappa shape index (κ2) is 7.61. The molecule has 124 valence electrons. The Morgan fingerprint density at radius 1 is 1.38 bits per heavy atom. The molecule has 7 heteroatoms. The fourth-order valence-corrected chi connectivity index (χ4v) is 2.32. The Balaban J connectivity index is 2.30. The molecule has 0 aliphatic carbocycles. The van der Waals surface area contributed by atoms with Crippen molar-refractivity contribution >= 4 is 28.9 Å². The summed E-state index contributed by atoms with van der Waals surface area (Å²) in [5.74, 6) is 0.227. The molecule has 0 spiro atoms. The van der Waals surface area contributed by atoms with Crippen molar-refractivity contribution in [2.45, 2.75) is 6.42 Å². The first-order valence-electron chi connectivity index (χ1n) is 6.99. The molecule has 0 heterocycles. The Morgan fingerprint density at radius 2 is 2.12 bits per heavy atom. The molecule has 1 N–H and O–H groups in total. The number of nitro benzene ring substituents is 1. The van der Waals surface area contributed by atoms with E-state index in [1.807, 2.05) is 0 Å². The summed E-state index contributed by atoms with van der Waals surface area (Å²) in [5, 5.41) is 13.6. The van der Waals surface area contributed by atoms with Crippen LogP contribution in [-0.4, -0.2) is 17.9 Å². The first-order chi connectivity index (χ1) is 11.5. The molecular weight excluding hydrogens is 332 g/mol. The van der Waals surface area contributed by atoms with Crippen molar-refractivity contribution < 1.29 is 14.5 Å². The van der Waals surface area contributed by atoms with Gasteiger partial charge in [0.2, 0.25) is 0 Å². The van der Waals surface area contributed by atoms with Crippen LogP contribution in [0.25, 0.3) is 0 Å². The van der Waals surface area contributed by atoms with Crippen LogP contribution < -0.4 is 10.1 Å². The van der Waals surface area contributed by atoms with Crippen LogP contribution >= 0.6 is 11.6 Å². The zero-order chi connectivity index (χ0) is 17.7. The zero-order valence-electron chi connectivity index (χ0n) is 12.9. The van der Waals surface area contributed by atoms with Crippen LogP contribution in [0.3, 0.4) is 0 Å². The first kappa shape index (κ1) is 17.5. The van der Waals surface area contributed by atoms with E-state index < -0.39 is 10.8 Å². The van der Waals surface area contributed by atoms with Gasteiger partial charge in [0.1, 0.15) is 5.75 Å². The Kier molecular flexibility index (Phi) is 5.55. The minimum absolute atomic E-state index is 0.156. The van der Waals surface area contributed by atoms with Crippen molar-refractivity contribution in [3.8, 4) is 5.75 Å². The molecule has 0 aromatic heterocycles. The molecule has 0 aliphatic heterocycles. The van der Waals surface area contributed by atoms with E-state index >= 15 is 0 Å². The van der Waals surface area contributed by atoms with Crippen LogP contribution in [-0.2, 0) is 6.42 Å². The number of amides is 1. The van der Waals surface area contributed by atoms with Gasteiger partial charge >= 0.3 is 0 Å². The molecule has 2 aromatic carbocycles. The highest BCUT2D eigenvalue weighted by Crippen LogP contribution is 2.28. The first-order valence-corrected chi connectivity index (χ1v) is 7.37. The summed E-state index contributed by atoms with van der Waals surface area (Å²) in [7, 11) is 1.55. The summed E-state index contributed by atoms with van der Waals surface area (Å²) < 4.78 is 5.24. The highest BCUT2D eigenvalue weighted by Gasteiger charge is 2.14. The number of halogens is 1. The number of nitro groups is 1. The maximum Gasteiger partial charge on any atom is 0.271 e. The number of nitrogens with zero attached hydrogens (tertiary/aromatic N) is 1. The Morgan fingerprint density at radius 3 is 2.75 bits per heavy atom. The molecule has 0 atom stereocenters. The third-order valence-corrected chi connectivity index (χ3v) is 3.65. The SMILES string of the molecule is C=CCc1cc(C(=O)Nc2cc([N+](=O)[O-])ccc2Cl)ccc1OC. The maximum atomic E-state index is 12.4. The Labute approximate surface area is 143 Å². The lowest BCUT2D eigenvalue weighted by Crippen LogP contribution is -2.13. The van der Waals surface area contributed by atoms with Crippen LogP contribution in [0.1, 0.15) is 15.9 Å². The Bertz CT molecular complexity index is 805. The van der Waals surface area contributed by atoms with Crippen LogP contribution in [0.2, 0.25) is 5.02 Å². The lowest BCUT2D eigenvalue weighted by atomic mass is 10.1. The molecule has 24 heavy (non-hydrogen) atoms. The van der Waals surface area contributed by atoms with E-state index in [2.05, 4.69) is 11.9 Å². The number of carbonyl (C=O) groups excluding carboxylic acids is 1. The molecule has 0 fully saturated rings. The van der Waals surface area contributed by atoms with Gasteiger partial charge in [-0.1, -0.05) is 17.7 Å². The third-order valence-electron chi connectivity index (χ3n) is 3.32. The molecule has 0 radical (unpaired) electrons. The molecule has 6 nitrogen and oxygen atoms in total. The Hall–Kier alpha value is -2.86. The number of carbonyl (C=O) groups is 1. The minimum Gasteiger partial charge on any atom is -0.496 e. The highest BCUT2D eigenvalue weighted by molar-refractivity contribution is 6.34. The largest absolute Gasteiger partial charge is 0.496 e. The molecule has 0 bridgehead atoms. The molecule has 0 saturated carbocycles. The molecule has 2 aromatic rings. The number of non-ortho nitro benzene ring substituents is 1. The van der Waals surface area contributed by atoms with E-state index in [-0.39, 0.29) is 16.4 Å². The number of ether oxygens (including phenoxy) is 1. The van der Waals surface area contributed by atoms with Gasteiger partial charge in [0, 0.05) is 17.7 Å². The van der Waals surface area contributed by atoms with Gasteiger partial charge in [-0.3, -0.25) is 14.9 Å². The monoisotopic (exact) mass is 346 g/mol. The maximum absolute atomic E-state index is 12.4. The van der Waals surface area contributed by atoms with Gasteiger partial charge in [0.05, 0.1) is 22.7 Å². The fraction of sp³-hybridized carbons (Fsp3) is 0.118. The number of nitrogens with one attached hydrogen (secondary N) is 1. The number of methoxy groups -OCH3 is 1. The standard InChI is InChI=1S/C17H15ClN2O4/c1-3-4-11-9-12(5-8-16(11)24-2)17(21)19-15-10-13(20(22)23)6-7-14(15)18/h3,5-10H,1,4H2,2H3,(H,19,21). The van der Waals surface area contributed by atoms with Crippen molar-refractivity contribution in [1.29, 1.82) is 0 Å². The van der Waals surface area contributed by atoms with Gasteiger partial charge in [-0.15, -0.1) is 6.58 Å². The van der Waals surface area contributed by atoms with Gasteiger partial charge in [-0.2, -0.15) is 0 Å². The fourth-order valence-electron chi connectivity index (χ4n) is 2.15. The van der Waals surface area contributed by atoms with E-state index in [0.717, 1.165) is 5.56 Å². The molecule has 2 rings (SSSR count). The summed E-state index contributed by atoms with van der Waals surface area (Å²) in [6.07, 6.45) is 2.25. The van der Waals surface area contributed by atoms with E-state index in [4.69, 9.17) is 16.3 Å². The van der Waals surface area contributed by atoms with Crippen LogP contribution in [0.4, 0.5) is 11.4 Å². The van der Waals surface area contributed by atoms with Crippen LogP contribution in [0.15, 0.2) is 49.1 Å². The smallest absolute Gasteiger partial charge is 0.271 e. The van der Waals surface area contributed by atoms with Crippen LogP contribution in [0, 0.1) is 10.1 Å². The average molecular weight is 347 g/mol. The van der Waals surface area contributed by atoms with Crippen molar-refractivity contribution in [2.24, 2.45) is 0 Å². The number of allylic oxidation sites excluding steroid dienone is 1. The second-order valence-corrected chi connectivity index (χ2v) is 5.30. The molecule has 0 saturated heterocycles. The lowest BCUT2D eigenvalue weighted by molar-refractivity contribution is -0.384. The minimum atomic E-state index is -0.554. The van der Waals surface area contributed by atoms with E-state index in [9.17, 15) is 14.9 Å². The van der Waals surface area contributed by atoms with E-state index in [1.54, 1.807) is 31.4 Å². The predicted molar refractivity (Wildman–Crippen MR) is 93.0 cm³/mol. The highest BCUT2D eigenvalue weighted by atomic mass is 35.5. The number of anilines is 1. The summed E-state index contributed by atoms with van der Waals surface area (Å²) in [6.45, 7) is 3.67. The van der Waals surface area contributed by atoms with Gasteiger partial charge in [0.15, 0.2) is 0 Å². The summed E-state index contributed by atoms with van der Waals surface area (Å²) in [5.41, 5.74) is 1.22. The number of hydrogen-bond donors (Lipinski definition) is 1.